The van der Waals surface area contributed by atoms with Gasteiger partial charge in [-0.2, -0.15) is 0 Å². The minimum absolute atomic E-state index is 0.212. The van der Waals surface area contributed by atoms with Crippen molar-refractivity contribution < 1.29 is 5.11 Å². The first-order chi connectivity index (χ1) is 8.63. The second-order valence-electron chi connectivity index (χ2n) is 5.59. The van der Waals surface area contributed by atoms with E-state index >= 15 is 0 Å². The Morgan fingerprint density at radius 3 is 2.89 bits per heavy atom. The molecule has 1 aromatic rings. The van der Waals surface area contributed by atoms with E-state index < -0.39 is 0 Å². The van der Waals surface area contributed by atoms with Gasteiger partial charge in [0.1, 0.15) is 0 Å². The van der Waals surface area contributed by atoms with Crippen molar-refractivity contribution in [3.05, 3.63) is 34.9 Å². The zero-order valence-electron chi connectivity index (χ0n) is 11.7. The molecule has 2 rings (SSSR count). The molecule has 0 saturated carbocycles. The van der Waals surface area contributed by atoms with Crippen molar-refractivity contribution in [1.82, 2.24) is 5.32 Å². The number of hydrogen-bond donors (Lipinski definition) is 2. The van der Waals surface area contributed by atoms with Crippen LogP contribution >= 0.6 is 0 Å². The van der Waals surface area contributed by atoms with Gasteiger partial charge in [-0.05, 0) is 55.8 Å². The average Bonchev–Trinajstić information content (AvgIpc) is 2.41. The number of benzene rings is 1. The summed E-state index contributed by atoms with van der Waals surface area (Å²) in [7, 11) is 0. The van der Waals surface area contributed by atoms with Crippen molar-refractivity contribution in [1.29, 1.82) is 0 Å². The van der Waals surface area contributed by atoms with E-state index in [-0.39, 0.29) is 12.1 Å². The monoisotopic (exact) mass is 247 g/mol. The highest BCUT2D eigenvalue weighted by Crippen LogP contribution is 2.29. The van der Waals surface area contributed by atoms with Crippen LogP contribution in [0.2, 0.25) is 0 Å². The summed E-state index contributed by atoms with van der Waals surface area (Å²) in [6.07, 6.45) is 3.18. The molecule has 0 bridgehead atoms. The highest BCUT2D eigenvalue weighted by atomic mass is 16.3. The molecule has 0 aromatic heterocycles. The second kappa shape index (κ2) is 5.85. The first-order valence-electron chi connectivity index (χ1n) is 7.11. The van der Waals surface area contributed by atoms with E-state index in [0.717, 1.165) is 24.4 Å². The minimum Gasteiger partial charge on any atom is -0.387 e. The lowest BCUT2D eigenvalue weighted by Gasteiger charge is -2.33. The maximum atomic E-state index is 10.6. The van der Waals surface area contributed by atoms with Crippen LogP contribution in [0.25, 0.3) is 0 Å². The fourth-order valence-electron chi connectivity index (χ4n) is 2.96. The molecule has 0 radical (unpaired) electrons. The van der Waals surface area contributed by atoms with E-state index in [0.29, 0.717) is 0 Å². The van der Waals surface area contributed by atoms with Crippen molar-refractivity contribution in [2.45, 2.75) is 52.2 Å². The van der Waals surface area contributed by atoms with E-state index in [1.54, 1.807) is 0 Å². The van der Waals surface area contributed by atoms with Gasteiger partial charge in [-0.3, -0.25) is 0 Å². The van der Waals surface area contributed by atoms with Gasteiger partial charge < -0.3 is 10.4 Å². The lowest BCUT2D eigenvalue weighted by molar-refractivity contribution is 0.0973. The molecule has 100 valence electrons. The molecule has 2 heteroatoms. The zero-order chi connectivity index (χ0) is 13.1. The van der Waals surface area contributed by atoms with E-state index in [1.165, 1.54) is 24.0 Å². The molecule has 1 heterocycles. The summed E-state index contributed by atoms with van der Waals surface area (Å²) in [5.41, 5.74) is 3.57. The van der Waals surface area contributed by atoms with Crippen LogP contribution in [0.4, 0.5) is 0 Å². The molecule has 1 aliphatic heterocycles. The predicted octanol–water partition coefficient (Wildman–Crippen LogP) is 3.12. The molecule has 1 saturated heterocycles. The molecule has 1 aliphatic rings. The third-order valence-corrected chi connectivity index (χ3v) is 4.47. The first-order valence-corrected chi connectivity index (χ1v) is 7.11. The molecule has 3 unspecified atom stereocenters. The Hall–Kier alpha value is -0.860. The van der Waals surface area contributed by atoms with Crippen molar-refractivity contribution in [3.63, 3.8) is 0 Å². The Kier molecular flexibility index (Phi) is 4.41. The summed E-state index contributed by atoms with van der Waals surface area (Å²) in [4.78, 5) is 0. The smallest absolute Gasteiger partial charge is 0.0945 e. The highest BCUT2D eigenvalue weighted by Gasteiger charge is 2.27. The van der Waals surface area contributed by atoms with E-state index in [1.807, 2.05) is 6.07 Å². The number of rotatable bonds is 3. The Bertz CT molecular complexity index is 402. The van der Waals surface area contributed by atoms with Crippen LogP contribution < -0.4 is 5.32 Å². The Morgan fingerprint density at radius 2 is 2.17 bits per heavy atom. The van der Waals surface area contributed by atoms with Gasteiger partial charge in [0, 0.05) is 6.04 Å². The molecule has 1 aromatic carbocycles. The molecule has 0 aliphatic carbocycles. The Morgan fingerprint density at radius 1 is 1.39 bits per heavy atom. The first kappa shape index (κ1) is 13.6. The minimum atomic E-state index is -0.376. The number of aliphatic hydroxyl groups excluding tert-OH is 1. The topological polar surface area (TPSA) is 32.3 Å². The van der Waals surface area contributed by atoms with Gasteiger partial charge in [-0.25, -0.2) is 0 Å². The predicted molar refractivity (Wildman–Crippen MR) is 75.7 cm³/mol. The van der Waals surface area contributed by atoms with Gasteiger partial charge in [0.05, 0.1) is 6.10 Å². The summed E-state index contributed by atoms with van der Waals surface area (Å²) >= 11 is 0. The largest absolute Gasteiger partial charge is 0.387 e. The Balaban J connectivity index is 2.15. The summed E-state index contributed by atoms with van der Waals surface area (Å²) in [6.45, 7) is 7.49. The quantitative estimate of drug-likeness (QED) is 0.860. The normalized spacial score (nSPS) is 26.0. The number of piperidine rings is 1. The maximum Gasteiger partial charge on any atom is 0.0945 e. The van der Waals surface area contributed by atoms with Crippen LogP contribution in [0.1, 0.15) is 49.0 Å². The average molecular weight is 247 g/mol. The van der Waals surface area contributed by atoms with Gasteiger partial charge in [0.2, 0.25) is 0 Å². The van der Waals surface area contributed by atoms with Gasteiger partial charge >= 0.3 is 0 Å². The van der Waals surface area contributed by atoms with Crippen molar-refractivity contribution in [2.75, 3.05) is 6.54 Å². The highest BCUT2D eigenvalue weighted by molar-refractivity contribution is 5.35. The molecular formula is C16H25NO. The molecule has 1 fully saturated rings. The van der Waals surface area contributed by atoms with Crippen LogP contribution in [0.15, 0.2) is 18.2 Å². The van der Waals surface area contributed by atoms with Crippen LogP contribution in [-0.2, 0) is 0 Å². The summed E-state index contributed by atoms with van der Waals surface area (Å²) in [5, 5.41) is 14.1. The summed E-state index contributed by atoms with van der Waals surface area (Å²) < 4.78 is 0. The SMILES string of the molecule is CCC1CCNC(C(O)c2cccc(C)c2C)C1. The molecule has 18 heavy (non-hydrogen) atoms. The fourth-order valence-corrected chi connectivity index (χ4v) is 2.96. The Labute approximate surface area is 110 Å². The van der Waals surface area contributed by atoms with E-state index in [4.69, 9.17) is 0 Å². The molecule has 3 atom stereocenters. The standard InChI is InChI=1S/C16H25NO/c1-4-13-8-9-17-15(10-13)16(18)14-7-5-6-11(2)12(14)3/h5-7,13,15-18H,4,8-10H2,1-3H3. The molecule has 0 spiro atoms. The van der Waals surface area contributed by atoms with Gasteiger partial charge in [-0.15, -0.1) is 0 Å². The van der Waals surface area contributed by atoms with Crippen LogP contribution in [0.5, 0.6) is 0 Å². The van der Waals surface area contributed by atoms with Crippen molar-refractivity contribution in [2.24, 2.45) is 5.92 Å². The number of nitrogens with one attached hydrogen (secondary N) is 1. The van der Waals surface area contributed by atoms with E-state index in [9.17, 15) is 5.11 Å². The van der Waals surface area contributed by atoms with Crippen molar-refractivity contribution in [3.8, 4) is 0 Å². The third kappa shape index (κ3) is 2.76. The van der Waals surface area contributed by atoms with Crippen LogP contribution in [0.3, 0.4) is 0 Å². The maximum absolute atomic E-state index is 10.6. The lowest BCUT2D eigenvalue weighted by Crippen LogP contribution is -2.42. The van der Waals surface area contributed by atoms with Crippen LogP contribution in [0, 0.1) is 19.8 Å². The zero-order valence-corrected chi connectivity index (χ0v) is 11.7. The van der Waals surface area contributed by atoms with Gasteiger partial charge in [0.15, 0.2) is 0 Å². The number of hydrogen-bond acceptors (Lipinski definition) is 2. The van der Waals surface area contributed by atoms with Gasteiger partial charge in [0.25, 0.3) is 0 Å². The van der Waals surface area contributed by atoms with Crippen molar-refractivity contribution >= 4 is 0 Å². The lowest BCUT2D eigenvalue weighted by atomic mass is 9.85. The third-order valence-electron chi connectivity index (χ3n) is 4.47. The summed E-state index contributed by atoms with van der Waals surface area (Å²) in [5.74, 6) is 0.760. The number of aryl methyl sites for hydroxylation is 1. The van der Waals surface area contributed by atoms with Crippen LogP contribution in [-0.4, -0.2) is 17.7 Å². The molecule has 0 amide bonds. The molecular weight excluding hydrogens is 222 g/mol. The van der Waals surface area contributed by atoms with E-state index in [2.05, 4.69) is 38.2 Å². The fraction of sp³-hybridized carbons (Fsp3) is 0.625. The molecule has 2 nitrogen and oxygen atoms in total. The number of aliphatic hydroxyl groups is 1. The van der Waals surface area contributed by atoms with Gasteiger partial charge in [-0.1, -0.05) is 31.5 Å². The summed E-state index contributed by atoms with van der Waals surface area (Å²) in [6, 6.07) is 6.42. The second-order valence-corrected chi connectivity index (χ2v) is 5.59. The molecule has 2 N–H and O–H groups in total.